The molecule has 0 N–H and O–H groups in total. The Labute approximate surface area is 158 Å². The number of hydrogen-bond acceptors (Lipinski definition) is 5. The van der Waals surface area contributed by atoms with E-state index in [-0.39, 0.29) is 42.7 Å². The maximum atomic E-state index is 12.3. The minimum Gasteiger partial charge on any atom is -0.452 e. The molecule has 2 saturated heterocycles. The zero-order valence-corrected chi connectivity index (χ0v) is 15.6. The van der Waals surface area contributed by atoms with Crippen LogP contribution in [0.1, 0.15) is 43.5 Å². The van der Waals surface area contributed by atoms with Crippen molar-refractivity contribution in [1.82, 2.24) is 4.90 Å². The van der Waals surface area contributed by atoms with Crippen LogP contribution in [0.15, 0.2) is 24.3 Å². The molecule has 0 spiro atoms. The molecule has 27 heavy (non-hydrogen) atoms. The topological polar surface area (TPSA) is 84.0 Å². The van der Waals surface area contributed by atoms with Crippen LogP contribution in [-0.4, -0.2) is 48.3 Å². The van der Waals surface area contributed by atoms with Crippen molar-refractivity contribution in [3.8, 4) is 0 Å². The zero-order chi connectivity index (χ0) is 19.6. The predicted molar refractivity (Wildman–Crippen MR) is 98.0 cm³/mol. The SMILES string of the molecule is C[C@@H]1C[C@H](C)CN(C(=O)COC(=O)c2cccc(N3C(=O)CCC3=O)c2)C1. The second kappa shape index (κ2) is 7.90. The van der Waals surface area contributed by atoms with E-state index in [2.05, 4.69) is 13.8 Å². The number of rotatable bonds is 4. The minimum atomic E-state index is -0.651. The molecule has 2 aliphatic heterocycles. The number of likely N-dealkylation sites (tertiary alicyclic amines) is 1. The first kappa shape index (κ1) is 19.1. The van der Waals surface area contributed by atoms with Crippen molar-refractivity contribution in [2.24, 2.45) is 11.8 Å². The van der Waals surface area contributed by atoms with Gasteiger partial charge in [-0.3, -0.25) is 19.3 Å². The van der Waals surface area contributed by atoms with Crippen LogP contribution in [0.2, 0.25) is 0 Å². The Morgan fingerprint density at radius 1 is 1.07 bits per heavy atom. The highest BCUT2D eigenvalue weighted by Crippen LogP contribution is 2.24. The number of amides is 3. The monoisotopic (exact) mass is 372 g/mol. The molecule has 0 radical (unpaired) electrons. The van der Waals surface area contributed by atoms with Gasteiger partial charge in [0.05, 0.1) is 11.3 Å². The molecule has 0 aromatic heterocycles. The lowest BCUT2D eigenvalue weighted by molar-refractivity contribution is -0.137. The molecule has 2 aliphatic rings. The third-order valence-electron chi connectivity index (χ3n) is 4.94. The number of carbonyl (C=O) groups is 4. The molecule has 0 saturated carbocycles. The van der Waals surface area contributed by atoms with E-state index in [0.717, 1.165) is 11.3 Å². The Kier molecular flexibility index (Phi) is 5.58. The molecule has 7 nitrogen and oxygen atoms in total. The van der Waals surface area contributed by atoms with Crippen LogP contribution in [0.4, 0.5) is 5.69 Å². The van der Waals surface area contributed by atoms with Crippen molar-refractivity contribution in [3.63, 3.8) is 0 Å². The Morgan fingerprint density at radius 3 is 2.33 bits per heavy atom. The molecule has 0 bridgehead atoms. The molecule has 3 rings (SSSR count). The van der Waals surface area contributed by atoms with Gasteiger partial charge in [-0.2, -0.15) is 0 Å². The van der Waals surface area contributed by atoms with Gasteiger partial charge in [0, 0.05) is 25.9 Å². The number of carbonyl (C=O) groups excluding carboxylic acids is 4. The molecular weight excluding hydrogens is 348 g/mol. The van der Waals surface area contributed by atoms with Crippen molar-refractivity contribution in [3.05, 3.63) is 29.8 Å². The number of ether oxygens (including phenoxy) is 1. The average molecular weight is 372 g/mol. The number of nitrogens with zero attached hydrogens (tertiary/aromatic N) is 2. The van der Waals surface area contributed by atoms with Crippen LogP contribution in [0, 0.1) is 11.8 Å². The minimum absolute atomic E-state index is 0.175. The summed E-state index contributed by atoms with van der Waals surface area (Å²) in [7, 11) is 0. The summed E-state index contributed by atoms with van der Waals surface area (Å²) in [6, 6.07) is 6.16. The molecule has 2 fully saturated rings. The quantitative estimate of drug-likeness (QED) is 0.596. The zero-order valence-electron chi connectivity index (χ0n) is 15.6. The lowest BCUT2D eigenvalue weighted by Crippen LogP contribution is -2.44. The lowest BCUT2D eigenvalue weighted by atomic mass is 9.92. The van der Waals surface area contributed by atoms with Crippen LogP contribution < -0.4 is 4.90 Å². The normalized spacial score (nSPS) is 22.9. The van der Waals surface area contributed by atoms with Gasteiger partial charge in [-0.15, -0.1) is 0 Å². The Morgan fingerprint density at radius 2 is 1.70 bits per heavy atom. The Bertz CT molecular complexity index is 749. The van der Waals surface area contributed by atoms with Crippen molar-refractivity contribution < 1.29 is 23.9 Å². The van der Waals surface area contributed by atoms with Crippen LogP contribution >= 0.6 is 0 Å². The van der Waals surface area contributed by atoms with E-state index in [9.17, 15) is 19.2 Å². The average Bonchev–Trinajstić information content (AvgIpc) is 2.97. The van der Waals surface area contributed by atoms with Gasteiger partial charge in [-0.1, -0.05) is 19.9 Å². The Balaban J connectivity index is 1.61. The van der Waals surface area contributed by atoms with Gasteiger partial charge in [0.15, 0.2) is 6.61 Å². The van der Waals surface area contributed by atoms with Gasteiger partial charge in [-0.05, 0) is 36.5 Å². The fourth-order valence-corrected chi connectivity index (χ4v) is 3.80. The summed E-state index contributed by atoms with van der Waals surface area (Å²) >= 11 is 0. The van der Waals surface area contributed by atoms with Crippen LogP contribution in [0.3, 0.4) is 0 Å². The summed E-state index contributed by atoms with van der Waals surface area (Å²) in [6.07, 6.45) is 1.44. The molecule has 144 valence electrons. The molecule has 3 amide bonds. The van der Waals surface area contributed by atoms with Crippen LogP contribution in [-0.2, 0) is 19.1 Å². The molecule has 1 aromatic carbocycles. The molecule has 0 unspecified atom stereocenters. The second-order valence-corrected chi connectivity index (χ2v) is 7.49. The van der Waals surface area contributed by atoms with Gasteiger partial charge in [0.25, 0.3) is 5.91 Å². The van der Waals surface area contributed by atoms with E-state index in [4.69, 9.17) is 4.74 Å². The number of benzene rings is 1. The Hall–Kier alpha value is -2.70. The highest BCUT2D eigenvalue weighted by Gasteiger charge is 2.31. The fraction of sp³-hybridized carbons (Fsp3) is 0.500. The third kappa shape index (κ3) is 4.35. The van der Waals surface area contributed by atoms with Gasteiger partial charge >= 0.3 is 5.97 Å². The smallest absolute Gasteiger partial charge is 0.338 e. The molecule has 2 atom stereocenters. The lowest BCUT2D eigenvalue weighted by Gasteiger charge is -2.34. The van der Waals surface area contributed by atoms with Crippen molar-refractivity contribution in [1.29, 1.82) is 0 Å². The highest BCUT2D eigenvalue weighted by atomic mass is 16.5. The molecule has 0 aliphatic carbocycles. The van der Waals surface area contributed by atoms with Gasteiger partial charge in [0.2, 0.25) is 11.8 Å². The summed E-state index contributed by atoms with van der Waals surface area (Å²) in [5.74, 6) is -0.561. The van der Waals surface area contributed by atoms with Crippen molar-refractivity contribution >= 4 is 29.4 Å². The summed E-state index contributed by atoms with van der Waals surface area (Å²) in [6.45, 7) is 5.25. The van der Waals surface area contributed by atoms with Gasteiger partial charge in [-0.25, -0.2) is 4.79 Å². The van der Waals surface area contributed by atoms with Crippen molar-refractivity contribution in [2.75, 3.05) is 24.6 Å². The van der Waals surface area contributed by atoms with Crippen molar-refractivity contribution in [2.45, 2.75) is 33.1 Å². The number of anilines is 1. The first-order valence-corrected chi connectivity index (χ1v) is 9.26. The molecular formula is C20H24N2O5. The first-order valence-electron chi connectivity index (χ1n) is 9.26. The first-order chi connectivity index (χ1) is 12.8. The summed E-state index contributed by atoms with van der Waals surface area (Å²) in [5.41, 5.74) is 0.551. The maximum absolute atomic E-state index is 12.3. The number of esters is 1. The summed E-state index contributed by atoms with van der Waals surface area (Å²) < 4.78 is 5.17. The second-order valence-electron chi connectivity index (χ2n) is 7.49. The van der Waals surface area contributed by atoms with E-state index >= 15 is 0 Å². The standard InChI is InChI=1S/C20H24N2O5/c1-13-8-14(2)11-21(10-13)19(25)12-27-20(26)15-4-3-5-16(9-15)22-17(23)6-7-18(22)24/h3-5,9,13-14H,6-8,10-12H2,1-2H3/t13-,14+. The van der Waals surface area contributed by atoms with E-state index in [1.54, 1.807) is 17.0 Å². The van der Waals surface area contributed by atoms with E-state index in [1.165, 1.54) is 12.1 Å². The third-order valence-corrected chi connectivity index (χ3v) is 4.94. The van der Waals surface area contributed by atoms with Gasteiger partial charge < -0.3 is 9.64 Å². The molecule has 7 heteroatoms. The summed E-state index contributed by atoms with van der Waals surface area (Å²) in [4.78, 5) is 51.2. The van der Waals surface area contributed by atoms with E-state index < -0.39 is 5.97 Å². The maximum Gasteiger partial charge on any atom is 0.338 e. The van der Waals surface area contributed by atoms with Crippen LogP contribution in [0.25, 0.3) is 0 Å². The number of imide groups is 1. The number of piperidine rings is 1. The predicted octanol–water partition coefficient (Wildman–Crippen LogP) is 2.00. The fourth-order valence-electron chi connectivity index (χ4n) is 3.80. The van der Waals surface area contributed by atoms with Gasteiger partial charge in [0.1, 0.15) is 0 Å². The summed E-state index contributed by atoms with van der Waals surface area (Å²) in [5, 5.41) is 0. The molecule has 1 aromatic rings. The van der Waals surface area contributed by atoms with E-state index in [1.807, 2.05) is 0 Å². The molecule has 2 heterocycles. The number of hydrogen-bond donors (Lipinski definition) is 0. The highest BCUT2D eigenvalue weighted by molar-refractivity contribution is 6.20. The van der Waals surface area contributed by atoms with Crippen LogP contribution in [0.5, 0.6) is 0 Å². The van der Waals surface area contributed by atoms with E-state index in [0.29, 0.717) is 30.6 Å². The largest absolute Gasteiger partial charge is 0.452 e.